The lowest BCUT2D eigenvalue weighted by Crippen LogP contribution is -2.41. The van der Waals surface area contributed by atoms with Crippen LogP contribution in [0.4, 0.5) is 5.95 Å². The van der Waals surface area contributed by atoms with E-state index < -0.39 is 0 Å². The maximum atomic E-state index is 12.5. The molecule has 3 heterocycles. The second-order valence-electron chi connectivity index (χ2n) is 6.27. The van der Waals surface area contributed by atoms with Crippen molar-refractivity contribution in [3.63, 3.8) is 0 Å². The zero-order chi connectivity index (χ0) is 18.8. The van der Waals surface area contributed by atoms with E-state index in [1.807, 2.05) is 6.07 Å². The van der Waals surface area contributed by atoms with Gasteiger partial charge in [-0.1, -0.05) is 29.3 Å². The van der Waals surface area contributed by atoms with Gasteiger partial charge in [0.2, 0.25) is 5.95 Å². The molecule has 1 aliphatic rings. The molecule has 1 fully saturated rings. The quantitative estimate of drug-likeness (QED) is 0.558. The van der Waals surface area contributed by atoms with Crippen molar-refractivity contribution in [1.82, 2.24) is 25.1 Å². The van der Waals surface area contributed by atoms with Crippen LogP contribution in [-0.4, -0.2) is 45.5 Å². The summed E-state index contributed by atoms with van der Waals surface area (Å²) in [5.74, 6) is 0.369. The Balaban J connectivity index is 0.00000225. The molecule has 1 saturated heterocycles. The third-order valence-corrected chi connectivity index (χ3v) is 5.06. The summed E-state index contributed by atoms with van der Waals surface area (Å²) in [7, 11) is 0. The van der Waals surface area contributed by atoms with Gasteiger partial charge in [0.1, 0.15) is 5.52 Å². The summed E-state index contributed by atoms with van der Waals surface area (Å²) in [5.41, 5.74) is 1.63. The van der Waals surface area contributed by atoms with E-state index in [2.05, 4.69) is 25.7 Å². The molecule has 1 aliphatic heterocycles. The highest BCUT2D eigenvalue weighted by Gasteiger charge is 2.17. The molecule has 0 saturated carbocycles. The van der Waals surface area contributed by atoms with Crippen molar-refractivity contribution in [2.24, 2.45) is 0 Å². The lowest BCUT2D eigenvalue weighted by atomic mass is 10.2. The van der Waals surface area contributed by atoms with Gasteiger partial charge in [-0.2, -0.15) is 5.10 Å². The first kappa shape index (κ1) is 20.9. The van der Waals surface area contributed by atoms with E-state index in [0.717, 1.165) is 18.7 Å². The maximum Gasteiger partial charge on any atom is 0.278 e. The highest BCUT2D eigenvalue weighted by atomic mass is 35.5. The predicted molar refractivity (Wildman–Crippen MR) is 112 cm³/mol. The summed E-state index contributed by atoms with van der Waals surface area (Å²) in [6, 6.07) is 5.35. The number of anilines is 1. The first-order valence-corrected chi connectivity index (χ1v) is 9.32. The number of hydrogen-bond acceptors (Lipinski definition) is 6. The molecule has 28 heavy (non-hydrogen) atoms. The number of ether oxygens (including phenoxy) is 1. The third kappa shape index (κ3) is 4.59. The van der Waals surface area contributed by atoms with Crippen LogP contribution in [0.25, 0.3) is 11.0 Å². The lowest BCUT2D eigenvalue weighted by Gasteiger charge is -2.23. The average Bonchev–Trinajstić information content (AvgIpc) is 3.07. The molecule has 0 radical (unpaired) electrons. The first-order chi connectivity index (χ1) is 13.1. The fraction of sp³-hybridized carbons (Fsp3) is 0.353. The van der Waals surface area contributed by atoms with Gasteiger partial charge in [0.15, 0.2) is 5.52 Å². The Kier molecular flexibility index (Phi) is 6.79. The zero-order valence-electron chi connectivity index (χ0n) is 14.7. The topological polar surface area (TPSA) is 96.9 Å². The molecule has 0 amide bonds. The molecular weight excluding hydrogens is 427 g/mol. The second kappa shape index (κ2) is 9.11. The van der Waals surface area contributed by atoms with Gasteiger partial charge in [-0.15, -0.1) is 12.4 Å². The Morgan fingerprint density at radius 1 is 1.32 bits per heavy atom. The molecule has 1 atom stereocenters. The standard InChI is InChI=1S/C17H18Cl2N6O2.ClH/c18-12-2-1-10(5-13(12)19)6-21-17-23-14-8-22-25(15(14)16(26)24-17)9-11-7-20-3-4-27-11;/h1-2,5,8,11,20H,3-4,6-7,9H2,(H2,21,23,24,26);1H. The Morgan fingerprint density at radius 3 is 2.93 bits per heavy atom. The summed E-state index contributed by atoms with van der Waals surface area (Å²) in [6.07, 6.45) is 1.57. The van der Waals surface area contributed by atoms with Crippen LogP contribution in [0.3, 0.4) is 0 Å². The van der Waals surface area contributed by atoms with E-state index in [1.54, 1.807) is 23.0 Å². The SMILES string of the molecule is Cl.O=c1[nH]c(NCc2ccc(Cl)c(Cl)c2)nc2cnn(CC3CNCCO3)c12. The van der Waals surface area contributed by atoms with Crippen LogP contribution in [0.2, 0.25) is 10.0 Å². The fourth-order valence-electron chi connectivity index (χ4n) is 2.99. The number of H-pyrrole nitrogens is 1. The number of fused-ring (bicyclic) bond motifs is 1. The second-order valence-corrected chi connectivity index (χ2v) is 7.09. The van der Waals surface area contributed by atoms with Gasteiger partial charge < -0.3 is 15.4 Å². The summed E-state index contributed by atoms with van der Waals surface area (Å²) < 4.78 is 7.32. The monoisotopic (exact) mass is 444 g/mol. The molecule has 4 rings (SSSR count). The first-order valence-electron chi connectivity index (χ1n) is 8.56. The largest absolute Gasteiger partial charge is 0.374 e. The molecule has 150 valence electrons. The van der Waals surface area contributed by atoms with Gasteiger partial charge in [-0.3, -0.25) is 14.5 Å². The van der Waals surface area contributed by atoms with Gasteiger partial charge in [0, 0.05) is 19.6 Å². The highest BCUT2D eigenvalue weighted by molar-refractivity contribution is 6.42. The van der Waals surface area contributed by atoms with Crippen LogP contribution in [0, 0.1) is 0 Å². The molecule has 2 aromatic heterocycles. The number of nitrogens with zero attached hydrogens (tertiary/aromatic N) is 3. The Labute approximate surface area is 177 Å². The summed E-state index contributed by atoms with van der Waals surface area (Å²) >= 11 is 11.9. The van der Waals surface area contributed by atoms with Crippen molar-refractivity contribution in [3.05, 3.63) is 50.4 Å². The number of rotatable bonds is 5. The third-order valence-electron chi connectivity index (χ3n) is 4.32. The molecule has 0 aliphatic carbocycles. The van der Waals surface area contributed by atoms with Crippen molar-refractivity contribution in [2.75, 3.05) is 25.0 Å². The van der Waals surface area contributed by atoms with Crippen molar-refractivity contribution < 1.29 is 4.74 Å². The van der Waals surface area contributed by atoms with Gasteiger partial charge in [-0.05, 0) is 17.7 Å². The van der Waals surface area contributed by atoms with Crippen molar-refractivity contribution in [3.8, 4) is 0 Å². The molecule has 1 unspecified atom stereocenters. The molecular formula is C17H19Cl3N6O2. The predicted octanol–water partition coefficient (Wildman–Crippen LogP) is 2.45. The minimum absolute atomic E-state index is 0. The molecule has 11 heteroatoms. The van der Waals surface area contributed by atoms with E-state index in [9.17, 15) is 4.79 Å². The summed E-state index contributed by atoms with van der Waals surface area (Å²) in [5, 5.41) is 11.6. The number of halogens is 3. The van der Waals surface area contributed by atoms with Crippen molar-refractivity contribution >= 4 is 52.6 Å². The normalized spacial score (nSPS) is 16.7. The highest BCUT2D eigenvalue weighted by Crippen LogP contribution is 2.22. The van der Waals surface area contributed by atoms with Crippen LogP contribution in [0.15, 0.2) is 29.2 Å². The number of aromatic nitrogens is 4. The number of aromatic amines is 1. The fourth-order valence-corrected chi connectivity index (χ4v) is 3.31. The smallest absolute Gasteiger partial charge is 0.278 e. The van der Waals surface area contributed by atoms with E-state index in [4.69, 9.17) is 27.9 Å². The van der Waals surface area contributed by atoms with Gasteiger partial charge in [0.05, 0.1) is 35.5 Å². The maximum absolute atomic E-state index is 12.5. The number of benzene rings is 1. The van der Waals surface area contributed by atoms with E-state index in [1.165, 1.54) is 0 Å². The summed E-state index contributed by atoms with van der Waals surface area (Å²) in [6.45, 7) is 3.17. The number of nitrogens with one attached hydrogen (secondary N) is 3. The Bertz CT molecular complexity index is 1020. The van der Waals surface area contributed by atoms with Crippen LogP contribution in [0.1, 0.15) is 5.56 Å². The van der Waals surface area contributed by atoms with E-state index >= 15 is 0 Å². The Morgan fingerprint density at radius 2 is 2.18 bits per heavy atom. The van der Waals surface area contributed by atoms with E-state index in [-0.39, 0.29) is 24.1 Å². The molecule has 3 aromatic rings. The van der Waals surface area contributed by atoms with Gasteiger partial charge in [0.25, 0.3) is 5.56 Å². The molecule has 0 bridgehead atoms. The Hall–Kier alpha value is -1.84. The zero-order valence-corrected chi connectivity index (χ0v) is 17.1. The summed E-state index contributed by atoms with van der Waals surface area (Å²) in [4.78, 5) is 19.7. The van der Waals surface area contributed by atoms with Crippen LogP contribution in [0.5, 0.6) is 0 Å². The molecule has 1 aromatic carbocycles. The van der Waals surface area contributed by atoms with Crippen LogP contribution < -0.4 is 16.2 Å². The molecule has 0 spiro atoms. The molecule has 8 nitrogen and oxygen atoms in total. The van der Waals surface area contributed by atoms with Crippen molar-refractivity contribution in [2.45, 2.75) is 19.2 Å². The van der Waals surface area contributed by atoms with Crippen LogP contribution in [-0.2, 0) is 17.8 Å². The van der Waals surface area contributed by atoms with Crippen molar-refractivity contribution in [1.29, 1.82) is 0 Å². The average molecular weight is 446 g/mol. The van der Waals surface area contributed by atoms with Gasteiger partial charge >= 0.3 is 0 Å². The van der Waals surface area contributed by atoms with Gasteiger partial charge in [-0.25, -0.2) is 4.98 Å². The molecule has 3 N–H and O–H groups in total. The minimum Gasteiger partial charge on any atom is -0.374 e. The van der Waals surface area contributed by atoms with E-state index in [0.29, 0.717) is 46.7 Å². The lowest BCUT2D eigenvalue weighted by molar-refractivity contribution is 0.0169. The van der Waals surface area contributed by atoms with Crippen LogP contribution >= 0.6 is 35.6 Å². The minimum atomic E-state index is -0.252. The number of morpholine rings is 1. The number of hydrogen-bond donors (Lipinski definition) is 3.